The third-order valence-corrected chi connectivity index (χ3v) is 7.75. The highest BCUT2D eigenvalue weighted by Crippen LogP contribution is 2.33. The Labute approximate surface area is 174 Å². The summed E-state index contributed by atoms with van der Waals surface area (Å²) < 4.78 is 23.5. The number of imide groups is 1. The van der Waals surface area contributed by atoms with Gasteiger partial charge in [-0.15, -0.1) is 0 Å². The number of amides is 4. The van der Waals surface area contributed by atoms with Crippen LogP contribution in [0.15, 0.2) is 42.5 Å². The number of hydrogen-bond donors (Lipinski definition) is 2. The molecule has 30 heavy (non-hydrogen) atoms. The zero-order valence-corrected chi connectivity index (χ0v) is 17.6. The number of rotatable bonds is 4. The Balaban J connectivity index is 1.56. The van der Waals surface area contributed by atoms with Gasteiger partial charge in [0.2, 0.25) is 5.91 Å². The SMILES string of the molecule is C[C@]1(NC(=O)CN2C(=O)N[C@@](C)(c3cccc4ccccc34)C2=O)CCS(=O)(=O)C1. The van der Waals surface area contributed by atoms with E-state index in [1.165, 1.54) is 0 Å². The Bertz CT molecular complexity index is 1170. The maximum atomic E-state index is 13.2. The summed E-state index contributed by atoms with van der Waals surface area (Å²) in [5.74, 6) is -1.24. The van der Waals surface area contributed by atoms with Gasteiger partial charge in [0.15, 0.2) is 9.84 Å². The third-order valence-electron chi connectivity index (χ3n) is 5.85. The second kappa shape index (κ2) is 6.80. The maximum absolute atomic E-state index is 13.2. The van der Waals surface area contributed by atoms with Crippen molar-refractivity contribution in [2.45, 2.75) is 31.3 Å². The third kappa shape index (κ3) is 3.43. The zero-order chi connectivity index (χ0) is 21.7. The lowest BCUT2D eigenvalue weighted by Gasteiger charge is -2.26. The van der Waals surface area contributed by atoms with Gasteiger partial charge < -0.3 is 10.6 Å². The zero-order valence-electron chi connectivity index (χ0n) is 16.8. The highest BCUT2D eigenvalue weighted by Gasteiger charge is 2.50. The first kappa shape index (κ1) is 20.3. The van der Waals surface area contributed by atoms with Crippen molar-refractivity contribution in [2.24, 2.45) is 0 Å². The largest absolute Gasteiger partial charge is 0.348 e. The van der Waals surface area contributed by atoms with E-state index >= 15 is 0 Å². The van der Waals surface area contributed by atoms with Crippen LogP contribution in [0.5, 0.6) is 0 Å². The minimum Gasteiger partial charge on any atom is -0.348 e. The molecule has 2 aromatic carbocycles. The molecule has 0 spiro atoms. The van der Waals surface area contributed by atoms with Crippen LogP contribution >= 0.6 is 0 Å². The van der Waals surface area contributed by atoms with Gasteiger partial charge in [-0.25, -0.2) is 13.2 Å². The average molecular weight is 429 g/mol. The molecular formula is C21H23N3O5S. The Morgan fingerprint density at radius 2 is 1.83 bits per heavy atom. The van der Waals surface area contributed by atoms with Crippen LogP contribution in [0.4, 0.5) is 4.79 Å². The van der Waals surface area contributed by atoms with Crippen molar-refractivity contribution >= 4 is 38.5 Å². The summed E-state index contributed by atoms with van der Waals surface area (Å²) in [6.45, 7) is 2.81. The van der Waals surface area contributed by atoms with Crippen LogP contribution in [-0.2, 0) is 25.0 Å². The van der Waals surface area contributed by atoms with Crippen molar-refractivity contribution in [3.63, 3.8) is 0 Å². The van der Waals surface area contributed by atoms with E-state index < -0.39 is 45.3 Å². The van der Waals surface area contributed by atoms with Crippen molar-refractivity contribution in [3.8, 4) is 0 Å². The van der Waals surface area contributed by atoms with Crippen LogP contribution in [0.25, 0.3) is 10.8 Å². The summed E-state index contributed by atoms with van der Waals surface area (Å²) in [7, 11) is -3.20. The highest BCUT2D eigenvalue weighted by molar-refractivity contribution is 7.91. The molecule has 0 aromatic heterocycles. The molecule has 2 aromatic rings. The van der Waals surface area contributed by atoms with Gasteiger partial charge in [-0.2, -0.15) is 0 Å². The molecule has 9 heteroatoms. The summed E-state index contributed by atoms with van der Waals surface area (Å²) in [5.41, 5.74) is -1.55. The minimum atomic E-state index is -3.20. The van der Waals surface area contributed by atoms with Gasteiger partial charge >= 0.3 is 6.03 Å². The molecule has 0 saturated carbocycles. The van der Waals surface area contributed by atoms with E-state index in [1.54, 1.807) is 19.9 Å². The van der Waals surface area contributed by atoms with Gasteiger partial charge in [0, 0.05) is 0 Å². The van der Waals surface area contributed by atoms with E-state index in [2.05, 4.69) is 10.6 Å². The number of sulfone groups is 1. The van der Waals surface area contributed by atoms with E-state index in [0.717, 1.165) is 15.7 Å². The fourth-order valence-electron chi connectivity index (χ4n) is 4.31. The van der Waals surface area contributed by atoms with Gasteiger partial charge in [-0.1, -0.05) is 42.5 Å². The first-order valence-corrected chi connectivity index (χ1v) is 11.5. The molecule has 0 bridgehead atoms. The van der Waals surface area contributed by atoms with Crippen LogP contribution < -0.4 is 10.6 Å². The van der Waals surface area contributed by atoms with Crippen molar-refractivity contribution < 1.29 is 22.8 Å². The predicted molar refractivity (Wildman–Crippen MR) is 111 cm³/mol. The van der Waals surface area contributed by atoms with Crippen LogP contribution in [0.3, 0.4) is 0 Å². The minimum absolute atomic E-state index is 0.00602. The summed E-state index contributed by atoms with van der Waals surface area (Å²) >= 11 is 0. The predicted octanol–water partition coefficient (Wildman–Crippen LogP) is 1.30. The molecule has 2 aliphatic heterocycles. The van der Waals surface area contributed by atoms with Gasteiger partial charge in [-0.05, 0) is 36.6 Å². The normalized spacial score (nSPS) is 28.0. The number of benzene rings is 2. The van der Waals surface area contributed by atoms with E-state index in [0.29, 0.717) is 12.0 Å². The number of carbonyl (C=O) groups is 3. The lowest BCUT2D eigenvalue weighted by atomic mass is 9.88. The number of nitrogens with one attached hydrogen (secondary N) is 2. The van der Waals surface area contributed by atoms with E-state index in [9.17, 15) is 22.8 Å². The summed E-state index contributed by atoms with van der Waals surface area (Å²) in [6, 6.07) is 12.4. The molecule has 2 saturated heterocycles. The quantitative estimate of drug-likeness (QED) is 0.712. The fourth-order valence-corrected chi connectivity index (χ4v) is 6.41. The molecule has 2 aliphatic rings. The van der Waals surface area contributed by atoms with Gasteiger partial charge in [0.05, 0.1) is 17.0 Å². The molecule has 4 amide bonds. The molecule has 2 atom stereocenters. The van der Waals surface area contributed by atoms with Gasteiger partial charge in [-0.3, -0.25) is 14.5 Å². The first-order chi connectivity index (χ1) is 14.0. The molecular weight excluding hydrogens is 406 g/mol. The molecule has 4 rings (SSSR count). The van der Waals surface area contributed by atoms with Crippen molar-refractivity contribution in [1.29, 1.82) is 0 Å². The fraction of sp³-hybridized carbons (Fsp3) is 0.381. The first-order valence-electron chi connectivity index (χ1n) is 9.67. The van der Waals surface area contributed by atoms with Crippen LogP contribution in [0.1, 0.15) is 25.8 Å². The van der Waals surface area contributed by atoms with E-state index in [-0.39, 0.29) is 11.5 Å². The number of fused-ring (bicyclic) bond motifs is 1. The van der Waals surface area contributed by atoms with Crippen LogP contribution in [0, 0.1) is 0 Å². The second-order valence-electron chi connectivity index (χ2n) is 8.42. The molecule has 0 aliphatic carbocycles. The second-order valence-corrected chi connectivity index (χ2v) is 10.6. The molecule has 2 N–H and O–H groups in total. The standard InChI is InChI=1S/C21H23N3O5S/c1-20(10-11-30(28,29)13-20)22-17(25)12-24-18(26)21(2,23-19(24)27)16-9-5-7-14-6-3-4-8-15(14)16/h3-9H,10-13H2,1-2H3,(H,22,25)(H,23,27)/t20-,21-/m0/s1. The Hall–Kier alpha value is -2.94. The number of carbonyl (C=O) groups excluding carboxylic acids is 3. The van der Waals surface area contributed by atoms with E-state index in [4.69, 9.17) is 0 Å². The van der Waals surface area contributed by atoms with Gasteiger partial charge in [0.1, 0.15) is 12.1 Å². The molecule has 2 fully saturated rings. The molecule has 2 heterocycles. The molecule has 8 nitrogen and oxygen atoms in total. The average Bonchev–Trinajstić information content (AvgIpc) is 3.08. The number of urea groups is 1. The lowest BCUT2D eigenvalue weighted by Crippen LogP contribution is -2.51. The van der Waals surface area contributed by atoms with Crippen LogP contribution in [0.2, 0.25) is 0 Å². The molecule has 0 radical (unpaired) electrons. The lowest BCUT2D eigenvalue weighted by molar-refractivity contribution is -0.135. The Morgan fingerprint density at radius 1 is 1.13 bits per heavy atom. The topological polar surface area (TPSA) is 113 Å². The monoisotopic (exact) mass is 429 g/mol. The summed E-state index contributed by atoms with van der Waals surface area (Å²) in [6.07, 6.45) is 0.301. The number of nitrogens with zero attached hydrogens (tertiary/aromatic N) is 1. The summed E-state index contributed by atoms with van der Waals surface area (Å²) in [5, 5.41) is 7.18. The van der Waals surface area contributed by atoms with E-state index in [1.807, 2.05) is 36.4 Å². The van der Waals surface area contributed by atoms with Gasteiger partial charge in [0.25, 0.3) is 5.91 Å². The smallest absolute Gasteiger partial charge is 0.325 e. The highest BCUT2D eigenvalue weighted by atomic mass is 32.2. The number of hydrogen-bond acceptors (Lipinski definition) is 5. The molecule has 0 unspecified atom stereocenters. The Morgan fingerprint density at radius 3 is 2.53 bits per heavy atom. The van der Waals surface area contributed by atoms with Crippen LogP contribution in [-0.4, -0.2) is 54.8 Å². The summed E-state index contributed by atoms with van der Waals surface area (Å²) in [4.78, 5) is 39.2. The maximum Gasteiger partial charge on any atom is 0.325 e. The van der Waals surface area contributed by atoms with Crippen molar-refractivity contribution in [3.05, 3.63) is 48.0 Å². The van der Waals surface area contributed by atoms with Crippen molar-refractivity contribution in [2.75, 3.05) is 18.1 Å². The molecule has 158 valence electrons. The van der Waals surface area contributed by atoms with Crippen molar-refractivity contribution in [1.82, 2.24) is 15.5 Å². The Kier molecular flexibility index (Phi) is 4.61.